The van der Waals surface area contributed by atoms with Crippen molar-refractivity contribution < 1.29 is 15.0 Å². The second kappa shape index (κ2) is 4.66. The maximum atomic E-state index is 11.7. The molecule has 2 N–H and O–H groups in total. The molecule has 0 saturated heterocycles. The zero-order valence-electron chi connectivity index (χ0n) is 12.8. The molecule has 4 aliphatic rings. The van der Waals surface area contributed by atoms with Crippen LogP contribution < -0.4 is 0 Å². The van der Waals surface area contributed by atoms with Crippen molar-refractivity contribution >= 4 is 5.78 Å². The Bertz CT molecular complexity index is 497. The van der Waals surface area contributed by atoms with Gasteiger partial charge in [0.1, 0.15) is 0 Å². The third kappa shape index (κ3) is 1.90. The molecule has 1 unspecified atom stereocenters. The monoisotopic (exact) mass is 290 g/mol. The Hall–Kier alpha value is -0.670. The fourth-order valence-electron chi connectivity index (χ4n) is 6.23. The van der Waals surface area contributed by atoms with Gasteiger partial charge in [-0.3, -0.25) is 4.79 Å². The van der Waals surface area contributed by atoms with Crippen molar-refractivity contribution in [2.24, 2.45) is 29.1 Å². The van der Waals surface area contributed by atoms with Crippen LogP contribution in [0, 0.1) is 29.1 Å². The summed E-state index contributed by atoms with van der Waals surface area (Å²) in [6.45, 7) is 2.28. The van der Waals surface area contributed by atoms with Gasteiger partial charge in [-0.15, -0.1) is 0 Å². The molecule has 0 aromatic rings. The SMILES string of the molecule is C[C@]12CC[C@H]3[C@@H](CCC4=CC(=O)CC(O)[C@@H]43)[C@@H]1CC[C@@H]2O. The minimum Gasteiger partial charge on any atom is -0.393 e. The third-order valence-electron chi connectivity index (χ3n) is 7.27. The minimum atomic E-state index is -0.471. The van der Waals surface area contributed by atoms with E-state index in [-0.39, 0.29) is 23.2 Å². The number of fused-ring (bicyclic) bond motifs is 5. The standard InChI is InChI=1S/C18H26O3/c1-18-7-6-13-12(14(18)4-5-16(18)21)3-2-10-8-11(19)9-15(20)17(10)13/h8,12-17,20-21H,2-7,9H2,1H3/t12-,13+,14+,15?,16+,17+,18+/m1/s1. The number of carbonyl (C=O) groups excluding carboxylic acids is 1. The maximum absolute atomic E-state index is 11.7. The second-order valence-electron chi connectivity index (χ2n) is 8.09. The van der Waals surface area contributed by atoms with Gasteiger partial charge in [0.2, 0.25) is 0 Å². The largest absolute Gasteiger partial charge is 0.393 e. The molecule has 3 nitrogen and oxygen atoms in total. The number of hydrogen-bond donors (Lipinski definition) is 2. The van der Waals surface area contributed by atoms with Gasteiger partial charge in [-0.05, 0) is 67.8 Å². The van der Waals surface area contributed by atoms with Gasteiger partial charge in [0.25, 0.3) is 0 Å². The minimum absolute atomic E-state index is 0.0951. The van der Waals surface area contributed by atoms with E-state index in [2.05, 4.69) is 6.92 Å². The Morgan fingerprint density at radius 2 is 1.95 bits per heavy atom. The molecule has 3 heteroatoms. The fourth-order valence-corrected chi connectivity index (χ4v) is 6.23. The molecule has 21 heavy (non-hydrogen) atoms. The third-order valence-corrected chi connectivity index (χ3v) is 7.27. The van der Waals surface area contributed by atoms with Crippen LogP contribution in [0.4, 0.5) is 0 Å². The second-order valence-corrected chi connectivity index (χ2v) is 8.09. The van der Waals surface area contributed by atoms with Crippen LogP contribution in [-0.2, 0) is 4.79 Å². The Kier molecular flexibility index (Phi) is 3.10. The summed E-state index contributed by atoms with van der Waals surface area (Å²) in [6.07, 6.45) is 7.88. The molecule has 4 rings (SSSR count). The molecule has 0 spiro atoms. The van der Waals surface area contributed by atoms with E-state index in [1.54, 1.807) is 0 Å². The van der Waals surface area contributed by atoms with Crippen molar-refractivity contribution in [3.63, 3.8) is 0 Å². The van der Waals surface area contributed by atoms with Crippen LogP contribution in [0.15, 0.2) is 11.6 Å². The zero-order chi connectivity index (χ0) is 14.8. The number of ketones is 1. The Morgan fingerprint density at radius 1 is 1.14 bits per heavy atom. The average molecular weight is 290 g/mol. The number of hydrogen-bond acceptors (Lipinski definition) is 3. The van der Waals surface area contributed by atoms with Crippen molar-refractivity contribution in [1.82, 2.24) is 0 Å². The lowest BCUT2D eigenvalue weighted by Gasteiger charge is -2.54. The molecule has 116 valence electrons. The summed E-state index contributed by atoms with van der Waals surface area (Å²) in [4.78, 5) is 11.7. The van der Waals surface area contributed by atoms with Crippen LogP contribution in [0.5, 0.6) is 0 Å². The quantitative estimate of drug-likeness (QED) is 0.720. The van der Waals surface area contributed by atoms with Crippen LogP contribution in [0.25, 0.3) is 0 Å². The first-order chi connectivity index (χ1) is 10.0. The van der Waals surface area contributed by atoms with E-state index in [0.717, 1.165) is 38.5 Å². The molecular weight excluding hydrogens is 264 g/mol. The van der Waals surface area contributed by atoms with E-state index >= 15 is 0 Å². The number of aliphatic hydroxyl groups is 2. The molecule has 0 radical (unpaired) electrons. The normalized spacial score (nSPS) is 52.7. The summed E-state index contributed by atoms with van der Waals surface area (Å²) in [5, 5.41) is 20.8. The number of aliphatic hydroxyl groups excluding tert-OH is 2. The lowest BCUT2D eigenvalue weighted by Crippen LogP contribution is -2.50. The molecular formula is C18H26O3. The Morgan fingerprint density at radius 3 is 2.76 bits per heavy atom. The maximum Gasteiger partial charge on any atom is 0.158 e. The summed E-state index contributed by atoms with van der Waals surface area (Å²) in [7, 11) is 0. The molecule has 0 heterocycles. The van der Waals surface area contributed by atoms with Crippen molar-refractivity contribution in [3.05, 3.63) is 11.6 Å². The van der Waals surface area contributed by atoms with E-state index in [4.69, 9.17) is 0 Å². The number of rotatable bonds is 0. The Labute approximate surface area is 126 Å². The summed E-state index contributed by atoms with van der Waals surface area (Å²) in [5.41, 5.74) is 1.31. The van der Waals surface area contributed by atoms with Gasteiger partial charge >= 0.3 is 0 Å². The van der Waals surface area contributed by atoms with E-state index in [0.29, 0.717) is 24.2 Å². The molecule has 0 aromatic heterocycles. The topological polar surface area (TPSA) is 57.5 Å². The molecule has 0 aliphatic heterocycles. The van der Waals surface area contributed by atoms with Crippen LogP contribution in [0.1, 0.15) is 51.9 Å². The first kappa shape index (κ1) is 14.0. The summed E-state index contributed by atoms with van der Waals surface area (Å²) >= 11 is 0. The zero-order valence-corrected chi connectivity index (χ0v) is 12.8. The predicted octanol–water partition coefficient (Wildman–Crippen LogP) is 2.46. The highest BCUT2D eigenvalue weighted by molar-refractivity contribution is 5.92. The van der Waals surface area contributed by atoms with Crippen LogP contribution >= 0.6 is 0 Å². The highest BCUT2D eigenvalue weighted by Gasteiger charge is 2.56. The smallest absolute Gasteiger partial charge is 0.158 e. The molecule has 0 bridgehead atoms. The van der Waals surface area contributed by atoms with Crippen molar-refractivity contribution in [2.75, 3.05) is 0 Å². The summed E-state index contributed by atoms with van der Waals surface area (Å²) in [5.74, 6) is 2.08. The van der Waals surface area contributed by atoms with E-state index in [1.165, 1.54) is 5.57 Å². The van der Waals surface area contributed by atoms with Gasteiger partial charge in [0, 0.05) is 12.3 Å². The van der Waals surface area contributed by atoms with Crippen LogP contribution in [-0.4, -0.2) is 28.2 Å². The van der Waals surface area contributed by atoms with Gasteiger partial charge in [-0.2, -0.15) is 0 Å². The van der Waals surface area contributed by atoms with Gasteiger partial charge in [0.15, 0.2) is 5.78 Å². The lowest BCUT2D eigenvalue weighted by molar-refractivity contribution is -0.120. The summed E-state index contributed by atoms with van der Waals surface area (Å²) in [6, 6.07) is 0. The van der Waals surface area contributed by atoms with Crippen LogP contribution in [0.3, 0.4) is 0 Å². The van der Waals surface area contributed by atoms with Gasteiger partial charge in [-0.25, -0.2) is 0 Å². The molecule has 3 saturated carbocycles. The first-order valence-corrected chi connectivity index (χ1v) is 8.60. The number of carbonyl (C=O) groups is 1. The van der Waals surface area contributed by atoms with Gasteiger partial charge in [0.05, 0.1) is 12.2 Å². The van der Waals surface area contributed by atoms with E-state index < -0.39 is 6.10 Å². The molecule has 0 aromatic carbocycles. The molecule has 3 fully saturated rings. The summed E-state index contributed by atoms with van der Waals surface area (Å²) < 4.78 is 0. The van der Waals surface area contributed by atoms with Gasteiger partial charge < -0.3 is 10.2 Å². The average Bonchev–Trinajstić information content (AvgIpc) is 2.74. The highest BCUT2D eigenvalue weighted by Crippen LogP contribution is 2.61. The molecule has 4 aliphatic carbocycles. The molecule has 0 amide bonds. The van der Waals surface area contributed by atoms with Crippen LogP contribution in [0.2, 0.25) is 0 Å². The highest BCUT2D eigenvalue weighted by atomic mass is 16.3. The first-order valence-electron chi connectivity index (χ1n) is 8.60. The van der Waals surface area contributed by atoms with Crippen molar-refractivity contribution in [2.45, 2.75) is 64.1 Å². The van der Waals surface area contributed by atoms with Crippen molar-refractivity contribution in [1.29, 1.82) is 0 Å². The lowest BCUT2D eigenvalue weighted by atomic mass is 9.52. The van der Waals surface area contributed by atoms with Crippen molar-refractivity contribution in [3.8, 4) is 0 Å². The Balaban J connectivity index is 1.66. The predicted molar refractivity (Wildman–Crippen MR) is 79.5 cm³/mol. The molecule has 7 atom stereocenters. The van der Waals surface area contributed by atoms with E-state index in [9.17, 15) is 15.0 Å². The fraction of sp³-hybridized carbons (Fsp3) is 0.833. The van der Waals surface area contributed by atoms with Gasteiger partial charge in [-0.1, -0.05) is 12.5 Å². The van der Waals surface area contributed by atoms with E-state index in [1.807, 2.05) is 6.08 Å².